The van der Waals surface area contributed by atoms with Gasteiger partial charge < -0.3 is 25.5 Å². The molecule has 1 heterocycles. The van der Waals surface area contributed by atoms with Crippen molar-refractivity contribution in [3.05, 3.63) is 47.5 Å². The third kappa shape index (κ3) is 4.57. The Labute approximate surface area is 169 Å². The molecule has 7 heteroatoms. The normalized spacial score (nSPS) is 18.2. The maximum absolute atomic E-state index is 12.4. The van der Waals surface area contributed by atoms with Gasteiger partial charge in [0.1, 0.15) is 17.7 Å². The molecule has 3 atom stereocenters. The van der Waals surface area contributed by atoms with Crippen LogP contribution in [0.25, 0.3) is 16.8 Å². The van der Waals surface area contributed by atoms with Gasteiger partial charge in [0.15, 0.2) is 0 Å². The molecular weight excluding hydrogens is 370 g/mol. The molecule has 1 aliphatic heterocycles. The van der Waals surface area contributed by atoms with Crippen LogP contribution in [0.4, 0.5) is 5.69 Å². The Morgan fingerprint density at radius 2 is 2.07 bits per heavy atom. The van der Waals surface area contributed by atoms with Crippen molar-refractivity contribution in [2.24, 2.45) is 0 Å². The summed E-state index contributed by atoms with van der Waals surface area (Å²) >= 11 is 0. The lowest BCUT2D eigenvalue weighted by Gasteiger charge is -2.16. The number of nitriles is 1. The molecule has 29 heavy (non-hydrogen) atoms. The second-order valence-corrected chi connectivity index (χ2v) is 7.14. The average Bonchev–Trinajstić information content (AvgIpc) is 3.53. The highest BCUT2D eigenvalue weighted by Gasteiger charge is 2.34. The maximum Gasteiger partial charge on any atom is 0.262 e. The minimum absolute atomic E-state index is 0.0953. The summed E-state index contributed by atoms with van der Waals surface area (Å²) in [6.07, 6.45) is -0.103. The Bertz CT molecular complexity index is 966. The highest BCUT2D eigenvalue weighted by atomic mass is 16.4. The van der Waals surface area contributed by atoms with Crippen molar-refractivity contribution in [3.63, 3.8) is 0 Å². The van der Waals surface area contributed by atoms with E-state index >= 15 is 0 Å². The number of carbonyl (C=O) groups is 1. The van der Waals surface area contributed by atoms with Crippen LogP contribution in [0.5, 0.6) is 0 Å². The molecule has 3 rings (SSSR count). The van der Waals surface area contributed by atoms with Crippen molar-refractivity contribution in [2.75, 3.05) is 24.6 Å². The fraction of sp³-hybridized carbons (Fsp3) is 0.364. The van der Waals surface area contributed by atoms with E-state index < -0.39 is 24.7 Å². The number of fused-ring (bicyclic) bond motifs is 1. The van der Waals surface area contributed by atoms with Crippen molar-refractivity contribution in [1.29, 1.82) is 5.26 Å². The number of amides is 1. The van der Waals surface area contributed by atoms with E-state index in [1.165, 1.54) is 0 Å². The third-order valence-electron chi connectivity index (χ3n) is 5.17. The summed E-state index contributed by atoms with van der Waals surface area (Å²) in [5, 5.41) is 42.0. The minimum atomic E-state index is -1.36. The molecule has 0 radical (unpaired) electrons. The van der Waals surface area contributed by atoms with Gasteiger partial charge >= 0.3 is 0 Å². The van der Waals surface area contributed by atoms with Crippen LogP contribution in [-0.2, 0) is 4.79 Å². The molecule has 0 aromatic heterocycles. The Kier molecular flexibility index (Phi) is 6.49. The van der Waals surface area contributed by atoms with Gasteiger partial charge in [-0.3, -0.25) is 4.79 Å². The number of carbonyl (C=O) groups excluding carboxylic acids is 1. The van der Waals surface area contributed by atoms with E-state index in [9.17, 15) is 20.3 Å². The molecule has 152 valence electrons. The smallest absolute Gasteiger partial charge is 0.262 e. The molecule has 2 aromatic carbocycles. The molecule has 1 amide bonds. The average molecular weight is 395 g/mol. The predicted octanol–water partition coefficient (Wildman–Crippen LogP) is 1.18. The number of nitrogens with zero attached hydrogens (tertiary/aromatic N) is 2. The van der Waals surface area contributed by atoms with E-state index in [2.05, 4.69) is 17.1 Å². The summed E-state index contributed by atoms with van der Waals surface area (Å²) < 4.78 is 0. The first-order valence-corrected chi connectivity index (χ1v) is 9.65. The van der Waals surface area contributed by atoms with Crippen molar-refractivity contribution in [3.8, 4) is 6.07 Å². The van der Waals surface area contributed by atoms with Gasteiger partial charge in [-0.2, -0.15) is 5.26 Å². The first-order valence-electron chi connectivity index (χ1n) is 9.65. The molecular formula is C22H25N3O4. The number of benzene rings is 2. The zero-order valence-corrected chi connectivity index (χ0v) is 16.2. The monoisotopic (exact) mass is 395 g/mol. The highest BCUT2D eigenvalue weighted by Crippen LogP contribution is 2.39. The Morgan fingerprint density at radius 1 is 1.31 bits per heavy atom. The van der Waals surface area contributed by atoms with Crippen LogP contribution in [0.1, 0.15) is 18.9 Å². The zero-order chi connectivity index (χ0) is 21.0. The first-order chi connectivity index (χ1) is 14.0. The van der Waals surface area contributed by atoms with Crippen molar-refractivity contribution in [1.82, 2.24) is 5.32 Å². The lowest BCUT2D eigenvalue weighted by molar-refractivity contribution is -0.118. The molecule has 7 nitrogen and oxygen atoms in total. The number of aliphatic hydroxyl groups is 3. The molecule has 2 aromatic rings. The quantitative estimate of drug-likeness (QED) is 0.303. The highest BCUT2D eigenvalue weighted by molar-refractivity contribution is 6.05. The van der Waals surface area contributed by atoms with E-state index in [0.29, 0.717) is 6.04 Å². The van der Waals surface area contributed by atoms with E-state index in [4.69, 9.17) is 5.11 Å². The van der Waals surface area contributed by atoms with Crippen LogP contribution in [0.15, 0.2) is 42.0 Å². The molecule has 0 saturated carbocycles. The molecule has 3 unspecified atom stereocenters. The lowest BCUT2D eigenvalue weighted by atomic mass is 10.0. The second-order valence-electron chi connectivity index (χ2n) is 7.14. The van der Waals surface area contributed by atoms with Crippen molar-refractivity contribution in [2.45, 2.75) is 31.6 Å². The van der Waals surface area contributed by atoms with Crippen molar-refractivity contribution < 1.29 is 20.1 Å². The van der Waals surface area contributed by atoms with Crippen molar-refractivity contribution >= 4 is 28.4 Å². The molecule has 0 spiro atoms. The second kappa shape index (κ2) is 9.05. The molecule has 0 bridgehead atoms. The number of anilines is 1. The molecule has 1 aliphatic rings. The van der Waals surface area contributed by atoms with Crippen LogP contribution in [0.2, 0.25) is 0 Å². The van der Waals surface area contributed by atoms with E-state index in [1.807, 2.05) is 42.5 Å². The minimum Gasteiger partial charge on any atom is -0.394 e. The fourth-order valence-corrected chi connectivity index (χ4v) is 3.37. The largest absolute Gasteiger partial charge is 0.394 e. The number of hydrogen-bond acceptors (Lipinski definition) is 6. The summed E-state index contributed by atoms with van der Waals surface area (Å²) in [6, 6.07) is 14.2. The van der Waals surface area contributed by atoms with E-state index in [0.717, 1.165) is 35.0 Å². The van der Waals surface area contributed by atoms with Gasteiger partial charge in [-0.25, -0.2) is 0 Å². The number of aliphatic hydroxyl groups excluding tert-OH is 3. The van der Waals surface area contributed by atoms with Gasteiger partial charge in [0.2, 0.25) is 0 Å². The van der Waals surface area contributed by atoms with Crippen LogP contribution in [0.3, 0.4) is 0 Å². The van der Waals surface area contributed by atoms with Crippen LogP contribution >= 0.6 is 0 Å². The number of nitrogens with one attached hydrogen (secondary N) is 1. The van der Waals surface area contributed by atoms with E-state index in [1.54, 1.807) is 6.08 Å². The van der Waals surface area contributed by atoms with Gasteiger partial charge in [0.05, 0.1) is 18.4 Å². The van der Waals surface area contributed by atoms with Gasteiger partial charge in [0, 0.05) is 24.5 Å². The maximum atomic E-state index is 12.4. The van der Waals surface area contributed by atoms with Gasteiger partial charge in [-0.05, 0) is 23.4 Å². The molecule has 1 fully saturated rings. The zero-order valence-electron chi connectivity index (χ0n) is 16.2. The summed E-state index contributed by atoms with van der Waals surface area (Å²) in [5.74, 6) is -0.645. The summed E-state index contributed by atoms with van der Waals surface area (Å²) in [7, 11) is 0. The Balaban J connectivity index is 1.90. The third-order valence-corrected chi connectivity index (χ3v) is 5.17. The van der Waals surface area contributed by atoms with Gasteiger partial charge in [-0.15, -0.1) is 0 Å². The molecule has 4 N–H and O–H groups in total. The van der Waals surface area contributed by atoms with E-state index in [-0.39, 0.29) is 12.1 Å². The Morgan fingerprint density at radius 3 is 2.72 bits per heavy atom. The molecule has 0 aliphatic carbocycles. The first kappa shape index (κ1) is 20.8. The van der Waals surface area contributed by atoms with Gasteiger partial charge in [-0.1, -0.05) is 43.3 Å². The number of hydrogen-bond donors (Lipinski definition) is 4. The lowest BCUT2D eigenvalue weighted by Crippen LogP contribution is -2.40. The van der Waals surface area contributed by atoms with Gasteiger partial charge in [0.25, 0.3) is 5.91 Å². The SMILES string of the molecule is CCC1CN1c1c(/C=C(\C#N)C(=O)NCC(O)C(O)CO)ccc2ccccc12. The molecule has 1 saturated heterocycles. The summed E-state index contributed by atoms with van der Waals surface area (Å²) in [4.78, 5) is 14.7. The number of rotatable bonds is 8. The summed E-state index contributed by atoms with van der Waals surface area (Å²) in [6.45, 7) is 2.18. The van der Waals surface area contributed by atoms with Crippen LogP contribution in [-0.4, -0.2) is 59.2 Å². The Hall–Kier alpha value is -2.92. The topological polar surface area (TPSA) is 117 Å². The standard InChI is InChI=1S/C22H25N3O4/c1-2-17-12-25(17)21-15(8-7-14-5-3-4-6-18(14)21)9-16(10-23)22(29)24-11-19(27)20(28)13-26/h3-9,17,19-20,26-28H,2,11-13H2,1H3,(H,24,29)/b16-9+. The predicted molar refractivity (Wildman–Crippen MR) is 111 cm³/mol. The van der Waals surface area contributed by atoms with Crippen LogP contribution < -0.4 is 10.2 Å². The fourth-order valence-electron chi connectivity index (χ4n) is 3.37. The van der Waals surface area contributed by atoms with Crippen LogP contribution in [0, 0.1) is 11.3 Å². The summed E-state index contributed by atoms with van der Waals surface area (Å²) in [5.41, 5.74) is 1.69.